The van der Waals surface area contributed by atoms with Crippen molar-refractivity contribution in [1.29, 1.82) is 0 Å². The minimum absolute atomic E-state index is 0.0777. The van der Waals surface area contributed by atoms with Crippen molar-refractivity contribution in [3.8, 4) is 5.75 Å². The Morgan fingerprint density at radius 2 is 2.00 bits per heavy atom. The summed E-state index contributed by atoms with van der Waals surface area (Å²) < 4.78 is 5.66. The van der Waals surface area contributed by atoms with Crippen molar-refractivity contribution in [2.24, 2.45) is 0 Å². The smallest absolute Gasteiger partial charge is 0.255 e. The van der Waals surface area contributed by atoms with Crippen LogP contribution in [-0.2, 0) is 6.42 Å². The second kappa shape index (κ2) is 5.24. The second-order valence-corrected chi connectivity index (χ2v) is 5.73. The molecule has 1 aliphatic heterocycles. The van der Waals surface area contributed by atoms with Gasteiger partial charge in [-0.2, -0.15) is 0 Å². The first-order valence-electron chi connectivity index (χ1n) is 7.21. The lowest BCUT2D eigenvalue weighted by Gasteiger charge is -2.10. The number of amides is 1. The SMILES string of the molecule is Cc1ccc(C)c(NC(=O)c2ccc3c(c2)CC(C)O3)c1. The maximum absolute atomic E-state index is 12.4. The van der Waals surface area contributed by atoms with Crippen LogP contribution < -0.4 is 10.1 Å². The highest BCUT2D eigenvalue weighted by Crippen LogP contribution is 2.29. The summed E-state index contributed by atoms with van der Waals surface area (Å²) in [5, 5.41) is 2.99. The zero-order valence-electron chi connectivity index (χ0n) is 12.6. The first kappa shape index (κ1) is 13.7. The van der Waals surface area contributed by atoms with E-state index in [9.17, 15) is 4.79 Å². The average molecular weight is 281 g/mol. The molecule has 2 aromatic carbocycles. The molecule has 1 unspecified atom stereocenters. The maximum atomic E-state index is 12.4. The van der Waals surface area contributed by atoms with E-state index in [1.54, 1.807) is 0 Å². The molecule has 0 fully saturated rings. The van der Waals surface area contributed by atoms with Crippen LogP contribution in [0.15, 0.2) is 36.4 Å². The molecule has 3 heteroatoms. The van der Waals surface area contributed by atoms with Gasteiger partial charge < -0.3 is 10.1 Å². The number of nitrogens with one attached hydrogen (secondary N) is 1. The van der Waals surface area contributed by atoms with E-state index in [-0.39, 0.29) is 12.0 Å². The van der Waals surface area contributed by atoms with Crippen LogP contribution in [-0.4, -0.2) is 12.0 Å². The standard InChI is InChI=1S/C18H19NO2/c1-11-4-5-12(2)16(8-11)19-18(20)14-6-7-17-15(10-14)9-13(3)21-17/h4-8,10,13H,9H2,1-3H3,(H,19,20). The minimum atomic E-state index is -0.0777. The predicted molar refractivity (Wildman–Crippen MR) is 84.1 cm³/mol. The molecule has 0 spiro atoms. The minimum Gasteiger partial charge on any atom is -0.490 e. The second-order valence-electron chi connectivity index (χ2n) is 5.73. The number of carbonyl (C=O) groups is 1. The summed E-state index contributed by atoms with van der Waals surface area (Å²) in [5.41, 5.74) is 4.84. The van der Waals surface area contributed by atoms with Crippen LogP contribution >= 0.6 is 0 Å². The van der Waals surface area contributed by atoms with Crippen molar-refractivity contribution < 1.29 is 9.53 Å². The van der Waals surface area contributed by atoms with Crippen molar-refractivity contribution in [3.63, 3.8) is 0 Å². The van der Waals surface area contributed by atoms with E-state index in [0.29, 0.717) is 5.56 Å². The summed E-state index contributed by atoms with van der Waals surface area (Å²) in [6.07, 6.45) is 1.05. The molecule has 1 amide bonds. The van der Waals surface area contributed by atoms with E-state index in [2.05, 4.69) is 5.32 Å². The van der Waals surface area contributed by atoms with E-state index < -0.39 is 0 Å². The van der Waals surface area contributed by atoms with Gasteiger partial charge in [0, 0.05) is 17.7 Å². The van der Waals surface area contributed by atoms with Crippen LogP contribution in [0.5, 0.6) is 5.75 Å². The van der Waals surface area contributed by atoms with Gasteiger partial charge in [0.05, 0.1) is 0 Å². The summed E-state index contributed by atoms with van der Waals surface area (Å²) in [6, 6.07) is 11.7. The zero-order valence-corrected chi connectivity index (χ0v) is 12.6. The molecule has 3 nitrogen and oxygen atoms in total. The Bertz CT molecular complexity index is 706. The fourth-order valence-electron chi connectivity index (χ4n) is 2.63. The molecule has 0 aromatic heterocycles. The molecular weight excluding hydrogens is 262 g/mol. The van der Waals surface area contributed by atoms with Crippen molar-refractivity contribution in [2.45, 2.75) is 33.3 Å². The Kier molecular flexibility index (Phi) is 3.42. The quantitative estimate of drug-likeness (QED) is 0.907. The van der Waals surface area contributed by atoms with E-state index in [4.69, 9.17) is 4.74 Å². The van der Waals surface area contributed by atoms with Gasteiger partial charge in [-0.15, -0.1) is 0 Å². The number of carbonyl (C=O) groups excluding carboxylic acids is 1. The molecule has 1 atom stereocenters. The highest BCUT2D eigenvalue weighted by molar-refractivity contribution is 6.05. The van der Waals surface area contributed by atoms with Gasteiger partial charge in [0.1, 0.15) is 11.9 Å². The molecule has 0 bridgehead atoms. The largest absolute Gasteiger partial charge is 0.490 e. The monoisotopic (exact) mass is 281 g/mol. The molecule has 1 heterocycles. The Balaban J connectivity index is 1.83. The molecule has 2 aromatic rings. The number of hydrogen-bond acceptors (Lipinski definition) is 2. The van der Waals surface area contributed by atoms with Crippen LogP contribution in [0.2, 0.25) is 0 Å². The molecular formula is C18H19NO2. The van der Waals surface area contributed by atoms with Crippen LogP contribution in [0.25, 0.3) is 0 Å². The number of aryl methyl sites for hydroxylation is 2. The van der Waals surface area contributed by atoms with Gasteiger partial charge in [0.25, 0.3) is 5.91 Å². The Morgan fingerprint density at radius 3 is 2.81 bits per heavy atom. The predicted octanol–water partition coefficient (Wildman–Crippen LogP) is 3.88. The summed E-state index contributed by atoms with van der Waals surface area (Å²) in [6.45, 7) is 6.05. The van der Waals surface area contributed by atoms with Gasteiger partial charge in [0.15, 0.2) is 0 Å². The fraction of sp³-hybridized carbons (Fsp3) is 0.278. The summed E-state index contributed by atoms with van der Waals surface area (Å²) >= 11 is 0. The number of rotatable bonds is 2. The molecule has 108 valence electrons. The molecule has 21 heavy (non-hydrogen) atoms. The summed E-state index contributed by atoms with van der Waals surface area (Å²) in [7, 11) is 0. The van der Waals surface area contributed by atoms with Gasteiger partial charge >= 0.3 is 0 Å². The lowest BCUT2D eigenvalue weighted by Crippen LogP contribution is -2.13. The highest BCUT2D eigenvalue weighted by atomic mass is 16.5. The van der Waals surface area contributed by atoms with Crippen LogP contribution in [0, 0.1) is 13.8 Å². The molecule has 1 N–H and O–H groups in total. The van der Waals surface area contributed by atoms with Gasteiger partial charge in [-0.05, 0) is 61.7 Å². The van der Waals surface area contributed by atoms with Crippen LogP contribution in [0.3, 0.4) is 0 Å². The number of benzene rings is 2. The Labute approximate surface area is 124 Å². The molecule has 0 saturated carbocycles. The lowest BCUT2D eigenvalue weighted by atomic mass is 10.1. The molecule has 0 saturated heterocycles. The number of hydrogen-bond donors (Lipinski definition) is 1. The first-order chi connectivity index (χ1) is 10.0. The molecule has 1 aliphatic rings. The number of anilines is 1. The van der Waals surface area contributed by atoms with Crippen LogP contribution in [0.4, 0.5) is 5.69 Å². The fourth-order valence-corrected chi connectivity index (χ4v) is 2.63. The van der Waals surface area contributed by atoms with Crippen molar-refractivity contribution in [1.82, 2.24) is 0 Å². The third kappa shape index (κ3) is 2.77. The molecule has 0 aliphatic carbocycles. The normalized spacial score (nSPS) is 16.2. The van der Waals surface area contributed by atoms with Crippen LogP contribution in [0.1, 0.15) is 34.0 Å². The third-order valence-corrected chi connectivity index (χ3v) is 3.80. The van der Waals surface area contributed by atoms with E-state index in [1.165, 1.54) is 0 Å². The number of ether oxygens (including phenoxy) is 1. The molecule has 0 radical (unpaired) electrons. The van der Waals surface area contributed by atoms with Crippen molar-refractivity contribution in [2.75, 3.05) is 5.32 Å². The highest BCUT2D eigenvalue weighted by Gasteiger charge is 2.20. The Hall–Kier alpha value is -2.29. The van der Waals surface area contributed by atoms with E-state index in [1.807, 2.05) is 57.2 Å². The Morgan fingerprint density at radius 1 is 1.19 bits per heavy atom. The first-order valence-corrected chi connectivity index (χ1v) is 7.21. The van der Waals surface area contributed by atoms with Gasteiger partial charge in [-0.25, -0.2) is 0 Å². The van der Waals surface area contributed by atoms with Gasteiger partial charge in [0.2, 0.25) is 0 Å². The number of fused-ring (bicyclic) bond motifs is 1. The van der Waals surface area contributed by atoms with Gasteiger partial charge in [-0.3, -0.25) is 4.79 Å². The molecule has 3 rings (SSSR count). The van der Waals surface area contributed by atoms with Crippen molar-refractivity contribution >= 4 is 11.6 Å². The van der Waals surface area contributed by atoms with E-state index >= 15 is 0 Å². The third-order valence-electron chi connectivity index (χ3n) is 3.80. The van der Waals surface area contributed by atoms with Crippen molar-refractivity contribution in [3.05, 3.63) is 58.7 Å². The summed E-state index contributed by atoms with van der Waals surface area (Å²) in [5.74, 6) is 0.817. The topological polar surface area (TPSA) is 38.3 Å². The summed E-state index contributed by atoms with van der Waals surface area (Å²) in [4.78, 5) is 12.4. The van der Waals surface area contributed by atoms with E-state index in [0.717, 1.165) is 34.5 Å². The maximum Gasteiger partial charge on any atom is 0.255 e. The van der Waals surface area contributed by atoms with Gasteiger partial charge in [-0.1, -0.05) is 12.1 Å². The average Bonchev–Trinajstić information content (AvgIpc) is 2.81. The lowest BCUT2D eigenvalue weighted by molar-refractivity contribution is 0.102. The zero-order chi connectivity index (χ0) is 15.0.